The summed E-state index contributed by atoms with van der Waals surface area (Å²) in [6.07, 6.45) is 0. The van der Waals surface area contributed by atoms with Gasteiger partial charge in [0, 0.05) is 11.8 Å². The van der Waals surface area contributed by atoms with E-state index in [-0.39, 0.29) is 17.4 Å². The van der Waals surface area contributed by atoms with Gasteiger partial charge in [0.2, 0.25) is 0 Å². The second-order valence-corrected chi connectivity index (χ2v) is 8.20. The summed E-state index contributed by atoms with van der Waals surface area (Å²) in [5.41, 5.74) is 6.36. The molecular formula is C25H17FN2O3. The van der Waals surface area contributed by atoms with Gasteiger partial charge in [-0.15, -0.1) is 0 Å². The second kappa shape index (κ2) is 6.35. The molecule has 1 saturated heterocycles. The highest BCUT2D eigenvalue weighted by Gasteiger charge is 2.62. The summed E-state index contributed by atoms with van der Waals surface area (Å²) in [5.74, 6) is -4.12. The minimum absolute atomic E-state index is 0.215. The Morgan fingerprint density at radius 2 is 1.13 bits per heavy atom. The number of hydrogen-bond acceptors (Lipinski definition) is 3. The first-order valence-corrected chi connectivity index (χ1v) is 10.2. The monoisotopic (exact) mass is 412 g/mol. The number of imide groups is 1. The van der Waals surface area contributed by atoms with Gasteiger partial charge in [-0.1, -0.05) is 60.7 Å². The summed E-state index contributed by atoms with van der Waals surface area (Å²) in [4.78, 5) is 39.5. The molecule has 6 heteroatoms. The quantitative estimate of drug-likeness (QED) is 0.657. The van der Waals surface area contributed by atoms with Gasteiger partial charge in [-0.25, -0.2) is 4.39 Å². The molecule has 1 aliphatic heterocycles. The largest absolute Gasteiger partial charge is 0.273 e. The standard InChI is InChI=1S/C25H17FN2O3/c26-18-12-6-5-11-17(18)23(29)27-28-24(30)21-19-13-7-1-2-8-14(13)20(22(21)25(28)31)16-10-4-3-9-15(16)19/h1-12,19-22H,(H,27,29)/t19?,20?,21-,22+. The Morgan fingerprint density at radius 3 is 1.58 bits per heavy atom. The van der Waals surface area contributed by atoms with Crippen LogP contribution in [0.25, 0.3) is 0 Å². The molecule has 0 radical (unpaired) electrons. The Morgan fingerprint density at radius 1 is 0.710 bits per heavy atom. The van der Waals surface area contributed by atoms with Gasteiger partial charge in [0.05, 0.1) is 17.4 Å². The van der Waals surface area contributed by atoms with Crippen LogP contribution in [0.4, 0.5) is 4.39 Å². The Kier molecular flexibility index (Phi) is 3.69. The zero-order valence-electron chi connectivity index (χ0n) is 16.3. The number of halogens is 1. The lowest BCUT2D eigenvalue weighted by atomic mass is 9.55. The van der Waals surface area contributed by atoms with Crippen LogP contribution in [0.1, 0.15) is 44.4 Å². The van der Waals surface area contributed by atoms with E-state index in [0.717, 1.165) is 33.3 Å². The van der Waals surface area contributed by atoms with E-state index in [9.17, 15) is 18.8 Å². The van der Waals surface area contributed by atoms with Gasteiger partial charge in [0.25, 0.3) is 17.7 Å². The van der Waals surface area contributed by atoms with Crippen molar-refractivity contribution < 1.29 is 18.8 Å². The van der Waals surface area contributed by atoms with Crippen LogP contribution in [-0.2, 0) is 9.59 Å². The summed E-state index contributed by atoms with van der Waals surface area (Å²) in [7, 11) is 0. The maximum Gasteiger partial charge on any atom is 0.273 e. The van der Waals surface area contributed by atoms with E-state index in [1.165, 1.54) is 18.2 Å². The van der Waals surface area contributed by atoms with E-state index in [4.69, 9.17) is 0 Å². The van der Waals surface area contributed by atoms with Crippen molar-refractivity contribution in [2.75, 3.05) is 0 Å². The van der Waals surface area contributed by atoms with E-state index in [1.54, 1.807) is 0 Å². The molecule has 152 valence electrons. The Labute approximate surface area is 177 Å². The van der Waals surface area contributed by atoms with Gasteiger partial charge < -0.3 is 0 Å². The van der Waals surface area contributed by atoms with Gasteiger partial charge >= 0.3 is 0 Å². The third-order valence-electron chi connectivity index (χ3n) is 6.78. The molecule has 0 aromatic heterocycles. The SMILES string of the molecule is O=C(NN1C(=O)[C@@H]2C3c4ccccc4C(c4ccccc43)[C@@H]2C1=O)c1ccccc1F. The van der Waals surface area contributed by atoms with Crippen LogP contribution in [-0.4, -0.2) is 22.7 Å². The molecule has 0 saturated carbocycles. The van der Waals surface area contributed by atoms with Gasteiger partial charge in [-0.3, -0.25) is 19.8 Å². The number of carbonyl (C=O) groups excluding carboxylic acids is 3. The fraction of sp³-hybridized carbons (Fsp3) is 0.160. The summed E-state index contributed by atoms with van der Waals surface area (Å²) >= 11 is 0. The molecule has 2 atom stereocenters. The van der Waals surface area contributed by atoms with Crippen molar-refractivity contribution >= 4 is 17.7 Å². The topological polar surface area (TPSA) is 66.5 Å². The average molecular weight is 412 g/mol. The molecule has 31 heavy (non-hydrogen) atoms. The fourth-order valence-electron chi connectivity index (χ4n) is 5.59. The minimum Gasteiger partial charge on any atom is -0.272 e. The second-order valence-electron chi connectivity index (χ2n) is 8.20. The molecule has 2 bridgehead atoms. The molecule has 3 aromatic carbocycles. The van der Waals surface area contributed by atoms with Gasteiger partial charge in [0.15, 0.2) is 0 Å². The highest BCUT2D eigenvalue weighted by molar-refractivity contribution is 6.09. The molecule has 3 aliphatic carbocycles. The molecule has 4 aliphatic rings. The predicted molar refractivity (Wildman–Crippen MR) is 109 cm³/mol. The molecular weight excluding hydrogens is 395 g/mol. The van der Waals surface area contributed by atoms with Crippen LogP contribution in [0, 0.1) is 17.7 Å². The number of rotatable bonds is 2. The molecule has 1 heterocycles. The molecule has 7 rings (SSSR count). The van der Waals surface area contributed by atoms with Crippen molar-refractivity contribution in [1.29, 1.82) is 0 Å². The van der Waals surface area contributed by atoms with E-state index < -0.39 is 35.4 Å². The molecule has 3 amide bonds. The van der Waals surface area contributed by atoms with Crippen molar-refractivity contribution in [2.24, 2.45) is 11.8 Å². The molecule has 1 N–H and O–H groups in total. The number of nitrogens with zero attached hydrogens (tertiary/aromatic N) is 1. The van der Waals surface area contributed by atoms with Crippen molar-refractivity contribution in [1.82, 2.24) is 10.4 Å². The van der Waals surface area contributed by atoms with Crippen molar-refractivity contribution in [3.05, 3.63) is 106 Å². The summed E-state index contributed by atoms with van der Waals surface area (Å²) < 4.78 is 14.0. The van der Waals surface area contributed by atoms with Crippen LogP contribution in [0.5, 0.6) is 0 Å². The summed E-state index contributed by atoms with van der Waals surface area (Å²) in [5, 5.41) is 0.807. The van der Waals surface area contributed by atoms with Crippen molar-refractivity contribution in [2.45, 2.75) is 11.8 Å². The van der Waals surface area contributed by atoms with Crippen molar-refractivity contribution in [3.8, 4) is 0 Å². The third kappa shape index (κ3) is 2.33. The highest BCUT2D eigenvalue weighted by atomic mass is 19.1. The first kappa shape index (κ1) is 18.0. The molecule has 0 spiro atoms. The minimum atomic E-state index is -0.819. The molecule has 5 nitrogen and oxygen atoms in total. The Hall–Kier alpha value is -3.80. The molecule has 0 unspecified atom stereocenters. The van der Waals surface area contributed by atoms with Crippen LogP contribution in [0.2, 0.25) is 0 Å². The van der Waals surface area contributed by atoms with E-state index in [1.807, 2.05) is 48.5 Å². The fourth-order valence-corrected chi connectivity index (χ4v) is 5.59. The number of carbonyl (C=O) groups is 3. The van der Waals surface area contributed by atoms with Crippen LogP contribution >= 0.6 is 0 Å². The lowest BCUT2D eigenvalue weighted by Gasteiger charge is -2.45. The Bertz CT molecular complexity index is 1170. The highest BCUT2D eigenvalue weighted by Crippen LogP contribution is 2.60. The summed E-state index contributed by atoms with van der Waals surface area (Å²) in [6, 6.07) is 21.3. The molecule has 3 aromatic rings. The maximum absolute atomic E-state index is 14.0. The predicted octanol–water partition coefficient (Wildman–Crippen LogP) is 3.36. The summed E-state index contributed by atoms with van der Waals surface area (Å²) in [6.45, 7) is 0. The number of benzene rings is 3. The zero-order valence-corrected chi connectivity index (χ0v) is 16.3. The Balaban J connectivity index is 1.43. The van der Waals surface area contributed by atoms with Gasteiger partial charge in [-0.05, 0) is 34.4 Å². The maximum atomic E-state index is 14.0. The smallest absolute Gasteiger partial charge is 0.272 e. The first-order valence-electron chi connectivity index (χ1n) is 10.2. The molecule has 1 fully saturated rings. The van der Waals surface area contributed by atoms with E-state index >= 15 is 0 Å². The number of amides is 3. The normalized spacial score (nSPS) is 25.1. The lowest BCUT2D eigenvalue weighted by Crippen LogP contribution is -2.47. The number of hydrogen-bond donors (Lipinski definition) is 1. The van der Waals surface area contributed by atoms with Crippen LogP contribution < -0.4 is 5.43 Å². The van der Waals surface area contributed by atoms with Crippen LogP contribution in [0.15, 0.2) is 72.8 Å². The van der Waals surface area contributed by atoms with Gasteiger partial charge in [-0.2, -0.15) is 5.01 Å². The lowest BCUT2D eigenvalue weighted by molar-refractivity contribution is -0.142. The zero-order chi connectivity index (χ0) is 21.3. The van der Waals surface area contributed by atoms with Gasteiger partial charge in [0.1, 0.15) is 5.82 Å². The number of nitrogens with one attached hydrogen (secondary N) is 1. The van der Waals surface area contributed by atoms with Crippen molar-refractivity contribution in [3.63, 3.8) is 0 Å². The van der Waals surface area contributed by atoms with Crippen LogP contribution in [0.3, 0.4) is 0 Å². The number of hydrazine groups is 1. The van der Waals surface area contributed by atoms with E-state index in [2.05, 4.69) is 5.43 Å². The first-order chi connectivity index (χ1) is 15.1. The third-order valence-corrected chi connectivity index (χ3v) is 6.78. The average Bonchev–Trinajstić information content (AvgIpc) is 3.05. The van der Waals surface area contributed by atoms with E-state index in [0.29, 0.717) is 0 Å².